The summed E-state index contributed by atoms with van der Waals surface area (Å²) in [7, 11) is 0. The molecule has 0 amide bonds. The average Bonchev–Trinajstić information content (AvgIpc) is 2.45. The molecular formula is C21H44. The number of unbranched alkanes of at least 4 members (excludes halogenated alkanes) is 4. The van der Waals surface area contributed by atoms with Gasteiger partial charge in [-0.3, -0.25) is 0 Å². The zero-order chi connectivity index (χ0) is 16.3. The Balaban J connectivity index is 4.08. The van der Waals surface area contributed by atoms with Crippen molar-refractivity contribution in [2.75, 3.05) is 0 Å². The first kappa shape index (κ1) is 21.0. The van der Waals surface area contributed by atoms with Gasteiger partial charge in [0.05, 0.1) is 0 Å². The topological polar surface area (TPSA) is 0 Å². The summed E-state index contributed by atoms with van der Waals surface area (Å²) in [5.74, 6) is 2.64. The summed E-state index contributed by atoms with van der Waals surface area (Å²) in [5.41, 5.74) is 0.505. The summed E-state index contributed by atoms with van der Waals surface area (Å²) in [6.45, 7) is 17.1. The van der Waals surface area contributed by atoms with Gasteiger partial charge in [-0.25, -0.2) is 0 Å². The number of hydrogen-bond donors (Lipinski definition) is 0. The average molecular weight is 297 g/mol. The van der Waals surface area contributed by atoms with Gasteiger partial charge in [0.25, 0.3) is 0 Å². The van der Waals surface area contributed by atoms with Crippen molar-refractivity contribution in [3.63, 3.8) is 0 Å². The van der Waals surface area contributed by atoms with E-state index in [2.05, 4.69) is 48.5 Å². The van der Waals surface area contributed by atoms with E-state index in [4.69, 9.17) is 0 Å². The van der Waals surface area contributed by atoms with Crippen molar-refractivity contribution >= 4 is 0 Å². The molecule has 0 nitrogen and oxygen atoms in total. The van der Waals surface area contributed by atoms with Gasteiger partial charge in [0.2, 0.25) is 0 Å². The minimum absolute atomic E-state index is 0.505. The molecule has 21 heavy (non-hydrogen) atoms. The van der Waals surface area contributed by atoms with Crippen LogP contribution in [-0.4, -0.2) is 0 Å². The second kappa shape index (κ2) is 11.6. The van der Waals surface area contributed by atoms with E-state index in [1.807, 2.05) is 0 Å². The van der Waals surface area contributed by atoms with Crippen LogP contribution in [0, 0.1) is 23.2 Å². The lowest BCUT2D eigenvalue weighted by Crippen LogP contribution is -2.27. The minimum Gasteiger partial charge on any atom is -0.0654 e. The maximum atomic E-state index is 2.51. The van der Waals surface area contributed by atoms with Crippen molar-refractivity contribution in [1.29, 1.82) is 0 Å². The van der Waals surface area contributed by atoms with E-state index in [0.29, 0.717) is 5.41 Å². The van der Waals surface area contributed by atoms with Gasteiger partial charge < -0.3 is 0 Å². The van der Waals surface area contributed by atoms with Crippen LogP contribution >= 0.6 is 0 Å². The summed E-state index contributed by atoms with van der Waals surface area (Å²) >= 11 is 0. The quantitative estimate of drug-likeness (QED) is 0.303. The van der Waals surface area contributed by atoms with Crippen LogP contribution in [0.15, 0.2) is 0 Å². The van der Waals surface area contributed by atoms with Crippen molar-refractivity contribution in [3.05, 3.63) is 0 Å². The first-order valence-electron chi connectivity index (χ1n) is 9.85. The standard InChI is InChI=1S/C21H44/c1-8-10-12-14-18(3)16-17-21(6,7)20(5)19(4)15-13-11-9-2/h18-20H,8-17H2,1-7H3. The Kier molecular flexibility index (Phi) is 11.6. The molecule has 0 spiro atoms. The highest BCUT2D eigenvalue weighted by atomic mass is 14.3. The normalized spacial score (nSPS) is 16.7. The molecule has 0 radical (unpaired) electrons. The van der Waals surface area contributed by atoms with Crippen molar-refractivity contribution < 1.29 is 0 Å². The van der Waals surface area contributed by atoms with Gasteiger partial charge in [0, 0.05) is 0 Å². The second-order valence-corrected chi connectivity index (χ2v) is 8.39. The lowest BCUT2D eigenvalue weighted by Gasteiger charge is -2.37. The predicted molar refractivity (Wildman–Crippen MR) is 98.8 cm³/mol. The maximum absolute atomic E-state index is 2.51. The Morgan fingerprint density at radius 1 is 0.714 bits per heavy atom. The Morgan fingerprint density at radius 3 is 1.76 bits per heavy atom. The van der Waals surface area contributed by atoms with Gasteiger partial charge in [-0.05, 0) is 29.6 Å². The molecule has 0 N–H and O–H groups in total. The molecule has 128 valence electrons. The Hall–Kier alpha value is 0. The molecule has 0 aromatic heterocycles. The largest absolute Gasteiger partial charge is 0.0654 e. The minimum atomic E-state index is 0.505. The van der Waals surface area contributed by atoms with E-state index in [9.17, 15) is 0 Å². The summed E-state index contributed by atoms with van der Waals surface area (Å²) < 4.78 is 0. The first-order chi connectivity index (χ1) is 9.85. The van der Waals surface area contributed by atoms with Gasteiger partial charge in [-0.1, -0.05) is 106 Å². The zero-order valence-corrected chi connectivity index (χ0v) is 16.3. The Bertz CT molecular complexity index is 228. The summed E-state index contributed by atoms with van der Waals surface area (Å²) in [6, 6.07) is 0. The highest BCUT2D eigenvalue weighted by Gasteiger charge is 2.29. The highest BCUT2D eigenvalue weighted by molar-refractivity contribution is 4.79. The van der Waals surface area contributed by atoms with Crippen LogP contribution in [0.1, 0.15) is 113 Å². The van der Waals surface area contributed by atoms with Crippen LogP contribution in [0.3, 0.4) is 0 Å². The van der Waals surface area contributed by atoms with E-state index >= 15 is 0 Å². The van der Waals surface area contributed by atoms with Crippen LogP contribution in [0.2, 0.25) is 0 Å². The van der Waals surface area contributed by atoms with Crippen LogP contribution < -0.4 is 0 Å². The lowest BCUT2D eigenvalue weighted by atomic mass is 9.69. The van der Waals surface area contributed by atoms with Gasteiger partial charge in [-0.2, -0.15) is 0 Å². The molecule has 0 fully saturated rings. The molecule has 0 aromatic rings. The third kappa shape index (κ3) is 9.59. The third-order valence-electron chi connectivity index (χ3n) is 5.93. The molecule has 0 bridgehead atoms. The molecule has 0 rings (SSSR count). The van der Waals surface area contributed by atoms with E-state index in [1.54, 1.807) is 0 Å². The summed E-state index contributed by atoms with van der Waals surface area (Å²) in [5, 5.41) is 0. The molecule has 0 heterocycles. The van der Waals surface area contributed by atoms with Crippen molar-refractivity contribution in [2.24, 2.45) is 23.2 Å². The Morgan fingerprint density at radius 2 is 1.24 bits per heavy atom. The molecule has 0 saturated heterocycles. The highest BCUT2D eigenvalue weighted by Crippen LogP contribution is 2.39. The molecule has 0 aliphatic heterocycles. The second-order valence-electron chi connectivity index (χ2n) is 8.39. The fourth-order valence-corrected chi connectivity index (χ4v) is 3.47. The van der Waals surface area contributed by atoms with Crippen LogP contribution in [-0.2, 0) is 0 Å². The van der Waals surface area contributed by atoms with E-state index in [-0.39, 0.29) is 0 Å². The van der Waals surface area contributed by atoms with Crippen molar-refractivity contribution in [1.82, 2.24) is 0 Å². The van der Waals surface area contributed by atoms with Gasteiger partial charge in [0.15, 0.2) is 0 Å². The summed E-state index contributed by atoms with van der Waals surface area (Å²) in [4.78, 5) is 0. The molecule has 3 atom stereocenters. The smallest absolute Gasteiger partial charge is 0.0326 e. The number of rotatable bonds is 13. The Labute approximate surface area is 136 Å². The van der Waals surface area contributed by atoms with E-state index in [0.717, 1.165) is 17.8 Å². The van der Waals surface area contributed by atoms with Crippen LogP contribution in [0.5, 0.6) is 0 Å². The van der Waals surface area contributed by atoms with E-state index in [1.165, 1.54) is 64.2 Å². The fraction of sp³-hybridized carbons (Fsp3) is 1.00. The SMILES string of the molecule is CCCCCC(C)CCC(C)(C)C(C)C(C)CCCCC. The third-order valence-corrected chi connectivity index (χ3v) is 5.93. The lowest BCUT2D eigenvalue weighted by molar-refractivity contribution is 0.134. The molecule has 0 aliphatic carbocycles. The molecule has 0 heteroatoms. The molecular weight excluding hydrogens is 252 g/mol. The first-order valence-corrected chi connectivity index (χ1v) is 9.85. The van der Waals surface area contributed by atoms with Crippen LogP contribution in [0.25, 0.3) is 0 Å². The predicted octanol–water partition coefficient (Wildman–Crippen LogP) is 7.86. The molecule has 3 unspecified atom stereocenters. The zero-order valence-electron chi connectivity index (χ0n) is 16.3. The van der Waals surface area contributed by atoms with Crippen molar-refractivity contribution in [3.8, 4) is 0 Å². The molecule has 0 aliphatic rings. The molecule has 0 aromatic carbocycles. The number of hydrogen-bond acceptors (Lipinski definition) is 0. The van der Waals surface area contributed by atoms with Gasteiger partial charge in [-0.15, -0.1) is 0 Å². The monoisotopic (exact) mass is 296 g/mol. The van der Waals surface area contributed by atoms with Gasteiger partial charge in [0.1, 0.15) is 0 Å². The van der Waals surface area contributed by atoms with Crippen LogP contribution in [0.4, 0.5) is 0 Å². The van der Waals surface area contributed by atoms with Gasteiger partial charge >= 0.3 is 0 Å². The van der Waals surface area contributed by atoms with E-state index < -0.39 is 0 Å². The molecule has 0 saturated carbocycles. The maximum Gasteiger partial charge on any atom is -0.0326 e. The van der Waals surface area contributed by atoms with Crippen molar-refractivity contribution in [2.45, 2.75) is 113 Å². The summed E-state index contributed by atoms with van der Waals surface area (Å²) in [6.07, 6.45) is 14.1. The fourth-order valence-electron chi connectivity index (χ4n) is 3.47.